The molecule has 220 valence electrons. The second-order valence-corrected chi connectivity index (χ2v) is 12.2. The molecule has 11 heteroatoms. The largest absolute Gasteiger partial charge is 0.492 e. The first-order valence-electron chi connectivity index (χ1n) is 13.3. The SMILES string of the molecule is CCOc1ccccc1N(CC(=O)N(Cc1ccccc1Cl)[C@@H](C)C(=O)N[C@H](C)CC)S(=O)(=O)c1ccc(Cl)cc1. The number of amides is 2. The molecule has 0 bridgehead atoms. The van der Waals surface area contributed by atoms with Crippen molar-refractivity contribution in [1.29, 1.82) is 0 Å². The summed E-state index contributed by atoms with van der Waals surface area (Å²) in [7, 11) is -4.27. The summed E-state index contributed by atoms with van der Waals surface area (Å²) in [4.78, 5) is 28.5. The van der Waals surface area contributed by atoms with Crippen LogP contribution in [-0.4, -0.2) is 50.4 Å². The number of hydrogen-bond acceptors (Lipinski definition) is 5. The molecule has 3 rings (SSSR count). The lowest BCUT2D eigenvalue weighted by molar-refractivity contribution is -0.139. The van der Waals surface area contributed by atoms with Gasteiger partial charge in [-0.2, -0.15) is 0 Å². The molecule has 0 fully saturated rings. The van der Waals surface area contributed by atoms with E-state index in [1.165, 1.54) is 29.2 Å². The van der Waals surface area contributed by atoms with Crippen molar-refractivity contribution in [2.75, 3.05) is 17.5 Å². The zero-order valence-electron chi connectivity index (χ0n) is 23.5. The van der Waals surface area contributed by atoms with Crippen LogP contribution in [0, 0.1) is 0 Å². The molecule has 0 unspecified atom stereocenters. The zero-order valence-corrected chi connectivity index (χ0v) is 25.8. The summed E-state index contributed by atoms with van der Waals surface area (Å²) in [6.07, 6.45) is 0.707. The van der Waals surface area contributed by atoms with Gasteiger partial charge in [-0.3, -0.25) is 13.9 Å². The van der Waals surface area contributed by atoms with Crippen LogP contribution in [0.4, 0.5) is 5.69 Å². The molecular weight excluding hydrogens is 585 g/mol. The Morgan fingerprint density at radius 1 is 0.927 bits per heavy atom. The molecule has 8 nitrogen and oxygen atoms in total. The molecule has 0 aliphatic rings. The Labute approximate surface area is 252 Å². The Morgan fingerprint density at radius 3 is 2.20 bits per heavy atom. The first-order chi connectivity index (χ1) is 19.5. The summed E-state index contributed by atoms with van der Waals surface area (Å²) in [5.41, 5.74) is 0.805. The lowest BCUT2D eigenvalue weighted by atomic mass is 10.1. The molecule has 1 N–H and O–H groups in total. The third kappa shape index (κ3) is 8.15. The first-order valence-corrected chi connectivity index (χ1v) is 15.5. The second-order valence-electron chi connectivity index (χ2n) is 9.47. The maximum atomic E-state index is 14.1. The van der Waals surface area contributed by atoms with E-state index in [0.717, 1.165) is 4.31 Å². The van der Waals surface area contributed by atoms with Gasteiger partial charge in [-0.25, -0.2) is 8.42 Å². The van der Waals surface area contributed by atoms with Crippen LogP contribution < -0.4 is 14.4 Å². The van der Waals surface area contributed by atoms with E-state index in [9.17, 15) is 18.0 Å². The number of rotatable bonds is 13. The molecule has 0 saturated carbocycles. The number of halogens is 2. The van der Waals surface area contributed by atoms with Crippen LogP contribution in [0.25, 0.3) is 0 Å². The van der Waals surface area contributed by atoms with Gasteiger partial charge in [0.05, 0.1) is 17.2 Å². The van der Waals surface area contributed by atoms with Gasteiger partial charge < -0.3 is 15.0 Å². The van der Waals surface area contributed by atoms with Crippen molar-refractivity contribution in [2.24, 2.45) is 0 Å². The summed E-state index contributed by atoms with van der Waals surface area (Å²) < 4.78 is 34.8. The molecular formula is C30H35Cl2N3O5S. The maximum Gasteiger partial charge on any atom is 0.264 e. The molecule has 0 saturated heterocycles. The highest BCUT2D eigenvalue weighted by Crippen LogP contribution is 2.33. The Kier molecular flexibility index (Phi) is 11.5. The van der Waals surface area contributed by atoms with Crippen LogP contribution in [0.1, 0.15) is 39.7 Å². The fourth-order valence-electron chi connectivity index (χ4n) is 4.05. The van der Waals surface area contributed by atoms with Gasteiger partial charge in [-0.05, 0) is 75.2 Å². The van der Waals surface area contributed by atoms with Crippen LogP contribution in [0.3, 0.4) is 0 Å². The molecule has 3 aromatic rings. The van der Waals surface area contributed by atoms with E-state index in [0.29, 0.717) is 27.8 Å². The third-order valence-corrected chi connectivity index (χ3v) is 8.98. The molecule has 41 heavy (non-hydrogen) atoms. The maximum absolute atomic E-state index is 14.1. The van der Waals surface area contributed by atoms with Crippen LogP contribution >= 0.6 is 23.2 Å². The van der Waals surface area contributed by atoms with E-state index in [4.69, 9.17) is 27.9 Å². The minimum Gasteiger partial charge on any atom is -0.492 e. The summed E-state index contributed by atoms with van der Waals surface area (Å²) in [6.45, 7) is 6.89. The van der Waals surface area contributed by atoms with E-state index >= 15 is 0 Å². The number of sulfonamides is 1. The predicted molar refractivity (Wildman–Crippen MR) is 163 cm³/mol. The lowest BCUT2D eigenvalue weighted by Gasteiger charge is -2.33. The molecule has 0 aromatic heterocycles. The van der Waals surface area contributed by atoms with Crippen molar-refractivity contribution in [2.45, 2.75) is 57.6 Å². The average molecular weight is 621 g/mol. The van der Waals surface area contributed by atoms with Gasteiger partial charge in [-0.15, -0.1) is 0 Å². The summed E-state index contributed by atoms with van der Waals surface area (Å²) >= 11 is 12.4. The van der Waals surface area contributed by atoms with Gasteiger partial charge in [-0.1, -0.05) is 60.5 Å². The van der Waals surface area contributed by atoms with Crippen molar-refractivity contribution in [3.63, 3.8) is 0 Å². The number of para-hydroxylation sites is 2. The quantitative estimate of drug-likeness (QED) is 0.256. The fourth-order valence-corrected chi connectivity index (χ4v) is 5.79. The van der Waals surface area contributed by atoms with E-state index in [-0.39, 0.29) is 35.7 Å². The number of carbonyl (C=O) groups excluding carboxylic acids is 2. The second kappa shape index (κ2) is 14.6. The highest BCUT2D eigenvalue weighted by molar-refractivity contribution is 7.92. The number of ether oxygens (including phenoxy) is 1. The van der Waals surface area contributed by atoms with Gasteiger partial charge in [0.15, 0.2) is 0 Å². The number of nitrogens with one attached hydrogen (secondary N) is 1. The lowest BCUT2D eigenvalue weighted by Crippen LogP contribution is -2.52. The average Bonchev–Trinajstić information content (AvgIpc) is 2.95. The van der Waals surface area contributed by atoms with Gasteiger partial charge in [0.25, 0.3) is 10.0 Å². The van der Waals surface area contributed by atoms with Crippen LogP contribution in [-0.2, 0) is 26.2 Å². The number of anilines is 1. The normalized spacial score (nSPS) is 12.7. The first kappa shape index (κ1) is 32.2. The molecule has 3 aromatic carbocycles. The van der Waals surface area contributed by atoms with Crippen molar-refractivity contribution < 1.29 is 22.7 Å². The fraction of sp³-hybridized carbons (Fsp3) is 0.333. The molecule has 2 amide bonds. The van der Waals surface area contributed by atoms with Gasteiger partial charge in [0, 0.05) is 22.6 Å². The molecule has 0 radical (unpaired) electrons. The summed E-state index contributed by atoms with van der Waals surface area (Å²) in [6, 6.07) is 18.2. The Morgan fingerprint density at radius 2 is 1.56 bits per heavy atom. The predicted octanol–water partition coefficient (Wildman–Crippen LogP) is 5.92. The van der Waals surface area contributed by atoms with Crippen LogP contribution in [0.2, 0.25) is 10.0 Å². The molecule has 0 heterocycles. The molecule has 0 aliphatic heterocycles. The minimum atomic E-state index is -4.27. The Hall–Kier alpha value is -3.27. The monoisotopic (exact) mass is 619 g/mol. The van der Waals surface area contributed by atoms with E-state index < -0.39 is 28.5 Å². The number of hydrogen-bond donors (Lipinski definition) is 1. The van der Waals surface area contributed by atoms with E-state index in [1.54, 1.807) is 62.4 Å². The van der Waals surface area contributed by atoms with Gasteiger partial charge >= 0.3 is 0 Å². The Bertz CT molecular complexity index is 1450. The van der Waals surface area contributed by atoms with Crippen molar-refractivity contribution >= 4 is 50.7 Å². The van der Waals surface area contributed by atoms with E-state index in [2.05, 4.69) is 5.32 Å². The van der Waals surface area contributed by atoms with Crippen LogP contribution in [0.5, 0.6) is 5.75 Å². The Balaban J connectivity index is 2.09. The molecule has 2 atom stereocenters. The highest BCUT2D eigenvalue weighted by Gasteiger charge is 2.34. The summed E-state index contributed by atoms with van der Waals surface area (Å²) in [5, 5.41) is 3.70. The summed E-state index contributed by atoms with van der Waals surface area (Å²) in [5.74, 6) is -0.664. The third-order valence-electron chi connectivity index (χ3n) is 6.58. The molecule has 0 aliphatic carbocycles. The van der Waals surface area contributed by atoms with Crippen molar-refractivity contribution in [1.82, 2.24) is 10.2 Å². The topological polar surface area (TPSA) is 96.0 Å². The highest BCUT2D eigenvalue weighted by atomic mass is 35.5. The van der Waals surface area contributed by atoms with Crippen molar-refractivity contribution in [3.8, 4) is 5.75 Å². The van der Waals surface area contributed by atoms with Crippen molar-refractivity contribution in [3.05, 3.63) is 88.4 Å². The van der Waals surface area contributed by atoms with E-state index in [1.807, 2.05) is 13.8 Å². The van der Waals surface area contributed by atoms with Crippen LogP contribution in [0.15, 0.2) is 77.7 Å². The van der Waals surface area contributed by atoms with Gasteiger partial charge in [0.1, 0.15) is 18.3 Å². The number of benzene rings is 3. The molecule has 0 spiro atoms. The number of nitrogens with zero attached hydrogens (tertiary/aromatic N) is 2. The standard InChI is InChI=1S/C30H35Cl2N3O5S/c1-5-21(3)33-30(37)22(4)34(19-23-11-7-8-12-26(23)32)29(36)20-35(27-13-9-10-14-28(27)40-6-2)41(38,39)25-17-15-24(31)16-18-25/h7-18,21-22H,5-6,19-20H2,1-4H3,(H,33,37)/t21-,22+/m1/s1. The smallest absolute Gasteiger partial charge is 0.264 e. The van der Waals surface area contributed by atoms with Gasteiger partial charge in [0.2, 0.25) is 11.8 Å². The minimum absolute atomic E-state index is 0.00443. The number of carbonyl (C=O) groups is 2. The zero-order chi connectivity index (χ0) is 30.2.